The standard InChI is InChI=1S/C40H31NO7/c42-34-12-5-13-35(47-34)48-40(45)37-30-10-4-2-8-26(30)22-28-20-24(15-17-32(28)37)23-14-16-31-27(19-23)21-25-7-1-3-9-29(25)36(31)38(43)41-33-11-6-18-46-39(33)44/h1-4,7-10,14-17,19-22,33,35H,5-6,11-13,18H2,(H,41,43). The molecular formula is C40H31NO7. The Morgan fingerprint density at radius 3 is 1.92 bits per heavy atom. The number of hydrogen-bond donors (Lipinski definition) is 1. The van der Waals surface area contributed by atoms with Crippen molar-refractivity contribution in [1.29, 1.82) is 0 Å². The van der Waals surface area contributed by atoms with Crippen LogP contribution in [-0.2, 0) is 23.8 Å². The second-order valence-corrected chi connectivity index (χ2v) is 12.4. The molecule has 2 unspecified atom stereocenters. The molecule has 1 amide bonds. The third-order valence-electron chi connectivity index (χ3n) is 9.28. The van der Waals surface area contributed by atoms with Crippen molar-refractivity contribution in [3.63, 3.8) is 0 Å². The van der Waals surface area contributed by atoms with E-state index in [1.165, 1.54) is 0 Å². The Morgan fingerprint density at radius 2 is 1.27 bits per heavy atom. The predicted molar refractivity (Wildman–Crippen MR) is 182 cm³/mol. The summed E-state index contributed by atoms with van der Waals surface area (Å²) in [5.74, 6) is -1.61. The third kappa shape index (κ3) is 5.39. The molecule has 2 aliphatic rings. The first kappa shape index (κ1) is 29.6. The second kappa shape index (κ2) is 12.1. The van der Waals surface area contributed by atoms with E-state index in [4.69, 9.17) is 14.2 Å². The number of cyclic esters (lactones) is 2. The topological polar surface area (TPSA) is 108 Å². The molecule has 0 radical (unpaired) electrons. The fraction of sp³-hybridized carbons (Fsp3) is 0.200. The van der Waals surface area contributed by atoms with Crippen molar-refractivity contribution < 1.29 is 33.4 Å². The Balaban J connectivity index is 1.20. The number of amides is 1. The highest BCUT2D eigenvalue weighted by Crippen LogP contribution is 2.36. The van der Waals surface area contributed by atoms with E-state index in [0.29, 0.717) is 49.8 Å². The first-order chi connectivity index (χ1) is 23.4. The molecule has 6 aromatic carbocycles. The zero-order valence-electron chi connectivity index (χ0n) is 26.0. The van der Waals surface area contributed by atoms with Crippen molar-refractivity contribution in [2.45, 2.75) is 44.4 Å². The Labute approximate surface area is 275 Å². The van der Waals surface area contributed by atoms with E-state index in [9.17, 15) is 19.2 Å². The van der Waals surface area contributed by atoms with Gasteiger partial charge in [-0.3, -0.25) is 9.59 Å². The minimum Gasteiger partial charge on any atom is -0.464 e. The zero-order valence-corrected chi connectivity index (χ0v) is 26.0. The van der Waals surface area contributed by atoms with Crippen LogP contribution in [0, 0.1) is 0 Å². The minimum absolute atomic E-state index is 0.312. The van der Waals surface area contributed by atoms with Crippen LogP contribution in [0.5, 0.6) is 0 Å². The van der Waals surface area contributed by atoms with Crippen molar-refractivity contribution >= 4 is 66.9 Å². The van der Waals surface area contributed by atoms with Crippen LogP contribution >= 0.6 is 0 Å². The molecule has 6 aromatic rings. The summed E-state index contributed by atoms with van der Waals surface area (Å²) in [6.07, 6.45) is 1.75. The monoisotopic (exact) mass is 637 g/mol. The van der Waals surface area contributed by atoms with Gasteiger partial charge in [-0.25, -0.2) is 9.59 Å². The Bertz CT molecular complexity index is 2310. The van der Waals surface area contributed by atoms with Crippen LogP contribution in [0.1, 0.15) is 52.8 Å². The molecule has 2 heterocycles. The van der Waals surface area contributed by atoms with E-state index in [-0.39, 0.29) is 11.9 Å². The van der Waals surface area contributed by atoms with Crippen molar-refractivity contribution in [2.24, 2.45) is 0 Å². The summed E-state index contributed by atoms with van der Waals surface area (Å²) in [5.41, 5.74) is 2.82. The smallest absolute Gasteiger partial charge is 0.342 e. The van der Waals surface area contributed by atoms with E-state index in [0.717, 1.165) is 54.2 Å². The molecule has 2 aliphatic heterocycles. The van der Waals surface area contributed by atoms with E-state index in [1.807, 2.05) is 78.9 Å². The van der Waals surface area contributed by atoms with Crippen molar-refractivity contribution in [3.8, 4) is 11.1 Å². The van der Waals surface area contributed by atoms with E-state index in [1.54, 1.807) is 0 Å². The Morgan fingerprint density at radius 1 is 0.667 bits per heavy atom. The number of carbonyl (C=O) groups is 4. The molecule has 0 bridgehead atoms. The average molecular weight is 638 g/mol. The molecule has 238 valence electrons. The van der Waals surface area contributed by atoms with E-state index in [2.05, 4.69) is 23.5 Å². The molecule has 8 rings (SSSR count). The number of ether oxygens (including phenoxy) is 3. The lowest BCUT2D eigenvalue weighted by Crippen LogP contribution is -2.44. The zero-order chi connectivity index (χ0) is 32.8. The van der Waals surface area contributed by atoms with Crippen molar-refractivity contribution in [1.82, 2.24) is 5.32 Å². The fourth-order valence-corrected chi connectivity index (χ4v) is 6.95. The second-order valence-electron chi connectivity index (χ2n) is 12.4. The Hall–Kier alpha value is -5.76. The molecule has 0 saturated carbocycles. The summed E-state index contributed by atoms with van der Waals surface area (Å²) >= 11 is 0. The Kier molecular flexibility index (Phi) is 7.48. The summed E-state index contributed by atoms with van der Waals surface area (Å²) in [6, 6.07) is 30.8. The van der Waals surface area contributed by atoms with Gasteiger partial charge in [-0.05, 0) is 97.7 Å². The lowest BCUT2D eigenvalue weighted by molar-refractivity contribution is -0.176. The summed E-state index contributed by atoms with van der Waals surface area (Å²) in [5, 5.41) is 9.53. The van der Waals surface area contributed by atoms with Gasteiger partial charge in [-0.2, -0.15) is 0 Å². The van der Waals surface area contributed by atoms with Crippen LogP contribution in [0.15, 0.2) is 97.1 Å². The maximum atomic E-state index is 13.7. The van der Waals surface area contributed by atoms with Gasteiger partial charge < -0.3 is 19.5 Å². The summed E-state index contributed by atoms with van der Waals surface area (Å²) in [7, 11) is 0. The highest BCUT2D eigenvalue weighted by atomic mass is 16.7. The van der Waals surface area contributed by atoms with E-state index >= 15 is 0 Å². The summed E-state index contributed by atoms with van der Waals surface area (Å²) in [6.45, 7) is 0.374. The van der Waals surface area contributed by atoms with Gasteiger partial charge in [-0.1, -0.05) is 72.8 Å². The van der Waals surface area contributed by atoms with Gasteiger partial charge in [0.15, 0.2) is 0 Å². The minimum atomic E-state index is -0.899. The fourth-order valence-electron chi connectivity index (χ4n) is 6.95. The van der Waals surface area contributed by atoms with Crippen LogP contribution in [0.4, 0.5) is 0 Å². The van der Waals surface area contributed by atoms with Crippen molar-refractivity contribution in [2.75, 3.05) is 6.61 Å². The van der Waals surface area contributed by atoms with Gasteiger partial charge in [0, 0.05) is 12.8 Å². The molecule has 1 N–H and O–H groups in total. The van der Waals surface area contributed by atoms with Gasteiger partial charge in [0.05, 0.1) is 17.7 Å². The van der Waals surface area contributed by atoms with Crippen LogP contribution in [0.3, 0.4) is 0 Å². The summed E-state index contributed by atoms with van der Waals surface area (Å²) in [4.78, 5) is 51.5. The first-order valence-corrected chi connectivity index (χ1v) is 16.2. The van der Waals surface area contributed by atoms with Gasteiger partial charge in [0.2, 0.25) is 6.29 Å². The lowest BCUT2D eigenvalue weighted by atomic mass is 9.91. The van der Waals surface area contributed by atoms with Crippen molar-refractivity contribution in [3.05, 3.63) is 108 Å². The number of carbonyl (C=O) groups excluding carboxylic acids is 4. The lowest BCUT2D eigenvalue weighted by Gasteiger charge is -2.23. The van der Waals surface area contributed by atoms with Gasteiger partial charge in [-0.15, -0.1) is 0 Å². The maximum Gasteiger partial charge on any atom is 0.342 e. The highest BCUT2D eigenvalue weighted by Gasteiger charge is 2.28. The molecular weight excluding hydrogens is 606 g/mol. The summed E-state index contributed by atoms with van der Waals surface area (Å²) < 4.78 is 16.2. The number of hydrogen-bond acceptors (Lipinski definition) is 7. The average Bonchev–Trinajstić information content (AvgIpc) is 3.10. The van der Waals surface area contributed by atoms with Gasteiger partial charge in [0.1, 0.15) is 6.04 Å². The largest absolute Gasteiger partial charge is 0.464 e. The van der Waals surface area contributed by atoms with Crippen LogP contribution in [0.2, 0.25) is 0 Å². The van der Waals surface area contributed by atoms with Crippen LogP contribution < -0.4 is 5.32 Å². The van der Waals surface area contributed by atoms with Crippen LogP contribution in [-0.4, -0.2) is 42.8 Å². The molecule has 48 heavy (non-hydrogen) atoms. The van der Waals surface area contributed by atoms with E-state index < -0.39 is 24.3 Å². The molecule has 0 aliphatic carbocycles. The quantitative estimate of drug-likeness (QED) is 0.153. The maximum absolute atomic E-state index is 13.7. The number of nitrogens with one attached hydrogen (secondary N) is 1. The molecule has 0 spiro atoms. The molecule has 2 saturated heterocycles. The number of rotatable bonds is 5. The first-order valence-electron chi connectivity index (χ1n) is 16.2. The molecule has 8 heteroatoms. The highest BCUT2D eigenvalue weighted by molar-refractivity contribution is 6.20. The number of esters is 3. The van der Waals surface area contributed by atoms with Gasteiger partial charge >= 0.3 is 17.9 Å². The molecule has 2 atom stereocenters. The number of fused-ring (bicyclic) bond motifs is 4. The third-order valence-corrected chi connectivity index (χ3v) is 9.28. The molecule has 0 aromatic heterocycles. The molecule has 8 nitrogen and oxygen atoms in total. The predicted octanol–water partition coefficient (Wildman–Crippen LogP) is 7.61. The molecule has 2 fully saturated rings. The number of benzene rings is 6. The SMILES string of the molecule is O=C1CCCC(OC(=O)c2c3ccccc3cc3cc(-c4ccc5c(C(=O)NC6CCCOC6=O)c6ccccc6cc5c4)ccc23)O1. The normalized spacial score (nSPS) is 18.1. The van der Waals surface area contributed by atoms with Crippen LogP contribution in [0.25, 0.3) is 54.2 Å². The van der Waals surface area contributed by atoms with Gasteiger partial charge in [0.25, 0.3) is 5.91 Å².